The molecule has 5 nitrogen and oxygen atoms in total. The van der Waals surface area contributed by atoms with Gasteiger partial charge in [0.05, 0.1) is 24.1 Å². The molecule has 1 aromatic heterocycles. The Bertz CT molecular complexity index is 673. The first kappa shape index (κ1) is 14.5. The highest BCUT2D eigenvalue weighted by Crippen LogP contribution is 2.30. The molecule has 0 radical (unpaired) electrons. The molecule has 2 aliphatic rings. The van der Waals surface area contributed by atoms with Gasteiger partial charge in [-0.15, -0.1) is 0 Å². The topological polar surface area (TPSA) is 47.4 Å². The van der Waals surface area contributed by atoms with Crippen LogP contribution in [0, 0.1) is 5.92 Å². The van der Waals surface area contributed by atoms with Crippen LogP contribution in [0.2, 0.25) is 0 Å². The SMILES string of the molecule is O=C(c1cnn(-c2ccccc2)c1)N(CC1CCOC1)C1CC1. The van der Waals surface area contributed by atoms with Crippen molar-refractivity contribution in [2.75, 3.05) is 19.8 Å². The van der Waals surface area contributed by atoms with Crippen LogP contribution < -0.4 is 0 Å². The molecule has 2 fully saturated rings. The molecule has 1 atom stereocenters. The van der Waals surface area contributed by atoms with E-state index in [0.717, 1.165) is 44.7 Å². The molecule has 2 heterocycles. The maximum absolute atomic E-state index is 12.9. The average Bonchev–Trinajstić information content (AvgIpc) is 3.10. The number of amides is 1. The minimum Gasteiger partial charge on any atom is -0.381 e. The summed E-state index contributed by atoms with van der Waals surface area (Å²) in [5.74, 6) is 0.574. The maximum atomic E-state index is 12.9. The van der Waals surface area contributed by atoms with E-state index in [0.29, 0.717) is 17.5 Å². The standard InChI is InChI=1S/C18H21N3O2/c22-18(20(16-6-7-16)11-14-8-9-23-13-14)15-10-19-21(12-15)17-4-2-1-3-5-17/h1-5,10,12,14,16H,6-9,11,13H2. The van der Waals surface area contributed by atoms with E-state index in [1.54, 1.807) is 10.9 Å². The van der Waals surface area contributed by atoms with Gasteiger partial charge in [0.2, 0.25) is 0 Å². The normalized spacial score (nSPS) is 20.6. The summed E-state index contributed by atoms with van der Waals surface area (Å²) in [7, 11) is 0. The van der Waals surface area contributed by atoms with E-state index in [-0.39, 0.29) is 5.91 Å². The summed E-state index contributed by atoms with van der Waals surface area (Å²) in [4.78, 5) is 14.9. The Kier molecular flexibility index (Phi) is 3.87. The molecule has 2 aromatic rings. The van der Waals surface area contributed by atoms with Crippen LogP contribution in [-0.2, 0) is 4.74 Å². The summed E-state index contributed by atoms with van der Waals surface area (Å²) >= 11 is 0. The second kappa shape index (κ2) is 6.16. The number of benzene rings is 1. The van der Waals surface area contributed by atoms with Crippen molar-refractivity contribution in [2.24, 2.45) is 5.92 Å². The van der Waals surface area contributed by atoms with Gasteiger partial charge in [-0.25, -0.2) is 4.68 Å². The summed E-state index contributed by atoms with van der Waals surface area (Å²) in [5.41, 5.74) is 1.63. The molecule has 1 aliphatic carbocycles. The van der Waals surface area contributed by atoms with Gasteiger partial charge in [0.1, 0.15) is 0 Å². The third-order valence-corrected chi connectivity index (χ3v) is 4.58. The Morgan fingerprint density at radius 2 is 2.09 bits per heavy atom. The summed E-state index contributed by atoms with van der Waals surface area (Å²) in [6.07, 6.45) is 6.80. The van der Waals surface area contributed by atoms with E-state index in [2.05, 4.69) is 5.10 Å². The van der Waals surface area contributed by atoms with Gasteiger partial charge in [0.15, 0.2) is 0 Å². The highest BCUT2D eigenvalue weighted by molar-refractivity contribution is 5.94. The Hall–Kier alpha value is -2.14. The van der Waals surface area contributed by atoms with Crippen LogP contribution in [0.4, 0.5) is 0 Å². The minimum atomic E-state index is 0.0987. The quantitative estimate of drug-likeness (QED) is 0.852. The molecule has 23 heavy (non-hydrogen) atoms. The van der Waals surface area contributed by atoms with Crippen molar-refractivity contribution in [3.63, 3.8) is 0 Å². The number of hydrogen-bond acceptors (Lipinski definition) is 3. The molecule has 1 saturated heterocycles. The number of carbonyl (C=O) groups excluding carboxylic acids is 1. The van der Waals surface area contributed by atoms with E-state index >= 15 is 0 Å². The van der Waals surface area contributed by atoms with Crippen molar-refractivity contribution in [2.45, 2.75) is 25.3 Å². The second-order valence-corrected chi connectivity index (χ2v) is 6.43. The number of para-hydroxylation sites is 1. The first-order valence-electron chi connectivity index (χ1n) is 8.30. The minimum absolute atomic E-state index is 0.0987. The largest absolute Gasteiger partial charge is 0.381 e. The lowest BCUT2D eigenvalue weighted by atomic mass is 10.1. The molecule has 1 saturated carbocycles. The number of hydrogen-bond donors (Lipinski definition) is 0. The van der Waals surface area contributed by atoms with Crippen molar-refractivity contribution in [1.82, 2.24) is 14.7 Å². The van der Waals surface area contributed by atoms with E-state index in [1.807, 2.05) is 41.4 Å². The predicted molar refractivity (Wildman–Crippen MR) is 86.5 cm³/mol. The van der Waals surface area contributed by atoms with Crippen molar-refractivity contribution < 1.29 is 9.53 Å². The van der Waals surface area contributed by atoms with Crippen molar-refractivity contribution in [3.8, 4) is 5.69 Å². The van der Waals surface area contributed by atoms with Gasteiger partial charge in [0, 0.05) is 31.3 Å². The Morgan fingerprint density at radius 1 is 1.26 bits per heavy atom. The summed E-state index contributed by atoms with van der Waals surface area (Å²) in [6, 6.07) is 10.3. The van der Waals surface area contributed by atoms with E-state index in [1.165, 1.54) is 0 Å². The van der Waals surface area contributed by atoms with Crippen LogP contribution in [0.15, 0.2) is 42.7 Å². The highest BCUT2D eigenvalue weighted by atomic mass is 16.5. The smallest absolute Gasteiger partial charge is 0.257 e. The number of carbonyl (C=O) groups is 1. The van der Waals surface area contributed by atoms with Gasteiger partial charge >= 0.3 is 0 Å². The second-order valence-electron chi connectivity index (χ2n) is 6.43. The molecule has 0 bridgehead atoms. The number of aromatic nitrogens is 2. The number of ether oxygens (including phenoxy) is 1. The van der Waals surface area contributed by atoms with Gasteiger partial charge in [-0.2, -0.15) is 5.10 Å². The van der Waals surface area contributed by atoms with Crippen molar-refractivity contribution in [1.29, 1.82) is 0 Å². The van der Waals surface area contributed by atoms with Crippen LogP contribution in [0.5, 0.6) is 0 Å². The zero-order valence-electron chi connectivity index (χ0n) is 13.1. The molecule has 120 valence electrons. The zero-order chi connectivity index (χ0) is 15.6. The van der Waals surface area contributed by atoms with Crippen LogP contribution >= 0.6 is 0 Å². The van der Waals surface area contributed by atoms with Gasteiger partial charge < -0.3 is 9.64 Å². The van der Waals surface area contributed by atoms with Gasteiger partial charge in [-0.3, -0.25) is 4.79 Å². The molecule has 1 aliphatic heterocycles. The summed E-state index contributed by atoms with van der Waals surface area (Å²) in [6.45, 7) is 2.41. The Balaban J connectivity index is 1.51. The monoisotopic (exact) mass is 311 g/mol. The van der Waals surface area contributed by atoms with E-state index in [9.17, 15) is 4.79 Å². The molecule has 1 unspecified atom stereocenters. The van der Waals surface area contributed by atoms with Gasteiger partial charge in [-0.1, -0.05) is 18.2 Å². The van der Waals surface area contributed by atoms with Crippen molar-refractivity contribution >= 4 is 5.91 Å². The third-order valence-electron chi connectivity index (χ3n) is 4.58. The maximum Gasteiger partial charge on any atom is 0.257 e. The lowest BCUT2D eigenvalue weighted by molar-refractivity contribution is 0.0706. The molecule has 4 rings (SSSR count). The molecule has 0 spiro atoms. The fourth-order valence-electron chi connectivity index (χ4n) is 3.11. The fourth-order valence-corrected chi connectivity index (χ4v) is 3.11. The highest BCUT2D eigenvalue weighted by Gasteiger charge is 2.35. The molecular weight excluding hydrogens is 290 g/mol. The molecule has 0 N–H and O–H groups in total. The average molecular weight is 311 g/mol. The number of rotatable bonds is 5. The molecular formula is C18H21N3O2. The first-order chi connectivity index (χ1) is 11.3. The van der Waals surface area contributed by atoms with E-state index < -0.39 is 0 Å². The van der Waals surface area contributed by atoms with Crippen LogP contribution in [-0.4, -0.2) is 46.4 Å². The third kappa shape index (κ3) is 3.15. The molecule has 1 amide bonds. The summed E-state index contributed by atoms with van der Waals surface area (Å²) < 4.78 is 7.21. The fraction of sp³-hybridized carbons (Fsp3) is 0.444. The van der Waals surface area contributed by atoms with Gasteiger partial charge in [-0.05, 0) is 31.4 Å². The predicted octanol–water partition coefficient (Wildman–Crippen LogP) is 2.51. The van der Waals surface area contributed by atoms with Crippen LogP contribution in [0.25, 0.3) is 5.69 Å². The number of nitrogens with zero attached hydrogens (tertiary/aromatic N) is 3. The lowest BCUT2D eigenvalue weighted by Crippen LogP contribution is -2.37. The Morgan fingerprint density at radius 3 is 2.78 bits per heavy atom. The van der Waals surface area contributed by atoms with Crippen LogP contribution in [0.3, 0.4) is 0 Å². The lowest BCUT2D eigenvalue weighted by Gasteiger charge is -2.24. The first-order valence-corrected chi connectivity index (χ1v) is 8.30. The van der Waals surface area contributed by atoms with E-state index in [4.69, 9.17) is 4.74 Å². The van der Waals surface area contributed by atoms with Crippen molar-refractivity contribution in [3.05, 3.63) is 48.3 Å². The zero-order valence-corrected chi connectivity index (χ0v) is 13.1. The summed E-state index contributed by atoms with van der Waals surface area (Å²) in [5, 5.41) is 4.35. The van der Waals surface area contributed by atoms with Gasteiger partial charge in [0.25, 0.3) is 5.91 Å². The van der Waals surface area contributed by atoms with Crippen LogP contribution in [0.1, 0.15) is 29.6 Å². The Labute approximate surface area is 135 Å². The molecule has 1 aromatic carbocycles. The molecule has 5 heteroatoms.